The van der Waals surface area contributed by atoms with Crippen LogP contribution in [0.5, 0.6) is 0 Å². The van der Waals surface area contributed by atoms with Gasteiger partial charge in [0.15, 0.2) is 0 Å². The maximum Gasteiger partial charge on any atom is 0.0248 e. The second-order valence-electron chi connectivity index (χ2n) is 4.87. The van der Waals surface area contributed by atoms with Gasteiger partial charge < -0.3 is 0 Å². The number of benzene rings is 1. The average Bonchev–Trinajstić information content (AvgIpc) is 2.42. The minimum Gasteiger partial charge on any atom is -0.0839 e. The monoisotopic (exact) mass is 320 g/mol. The van der Waals surface area contributed by atoms with Crippen molar-refractivity contribution >= 4 is 28.1 Å². The average molecular weight is 321 g/mol. The molecule has 0 bridgehead atoms. The van der Waals surface area contributed by atoms with E-state index < -0.39 is 0 Å². The first-order chi connectivity index (χ1) is 9.27. The first kappa shape index (κ1) is 16.2. The zero-order valence-electron chi connectivity index (χ0n) is 12.2. The minimum absolute atomic E-state index is 1.17. The molecule has 0 atom stereocenters. The van der Waals surface area contributed by atoms with E-state index in [1.54, 1.807) is 0 Å². The van der Waals surface area contributed by atoms with Crippen LogP contribution < -0.4 is 0 Å². The highest BCUT2D eigenvalue weighted by Gasteiger charge is 1.96. The van der Waals surface area contributed by atoms with Gasteiger partial charge in [0.1, 0.15) is 0 Å². The van der Waals surface area contributed by atoms with Crippen molar-refractivity contribution < 1.29 is 0 Å². The number of hydrogen-bond donors (Lipinski definition) is 0. The standard InChI is InChI=1S/C18H25Br/c1-3-5-7-9-11-16-13-14-18(19)17(15-16)12-10-8-6-4-2/h9-15H,3-8H2,1-2H3. The highest BCUT2D eigenvalue weighted by molar-refractivity contribution is 9.10. The summed E-state index contributed by atoms with van der Waals surface area (Å²) in [4.78, 5) is 0. The van der Waals surface area contributed by atoms with Crippen LogP contribution in [0.25, 0.3) is 12.2 Å². The first-order valence-electron chi connectivity index (χ1n) is 7.40. The second-order valence-corrected chi connectivity index (χ2v) is 5.72. The molecular weight excluding hydrogens is 296 g/mol. The van der Waals surface area contributed by atoms with Crippen molar-refractivity contribution in [1.82, 2.24) is 0 Å². The van der Waals surface area contributed by atoms with E-state index >= 15 is 0 Å². The Hall–Kier alpha value is -0.820. The Morgan fingerprint density at radius 2 is 1.58 bits per heavy atom. The van der Waals surface area contributed by atoms with Crippen molar-refractivity contribution in [2.24, 2.45) is 0 Å². The smallest absolute Gasteiger partial charge is 0.0248 e. The molecule has 0 fully saturated rings. The minimum atomic E-state index is 1.17. The van der Waals surface area contributed by atoms with Gasteiger partial charge in [0.25, 0.3) is 0 Å². The molecule has 0 aliphatic heterocycles. The van der Waals surface area contributed by atoms with Gasteiger partial charge in [-0.05, 0) is 36.1 Å². The molecular formula is C18H25Br. The van der Waals surface area contributed by atoms with Gasteiger partial charge in [0, 0.05) is 4.47 Å². The molecule has 0 N–H and O–H groups in total. The van der Waals surface area contributed by atoms with E-state index in [9.17, 15) is 0 Å². The summed E-state index contributed by atoms with van der Waals surface area (Å²) in [5.74, 6) is 0. The van der Waals surface area contributed by atoms with Gasteiger partial charge in [-0.15, -0.1) is 0 Å². The number of unbranched alkanes of at least 4 members (excludes halogenated alkanes) is 4. The van der Waals surface area contributed by atoms with Crippen molar-refractivity contribution in [2.75, 3.05) is 0 Å². The van der Waals surface area contributed by atoms with Gasteiger partial charge >= 0.3 is 0 Å². The predicted octanol–water partition coefficient (Wildman–Crippen LogP) is 6.86. The fourth-order valence-electron chi connectivity index (χ4n) is 1.87. The Morgan fingerprint density at radius 1 is 0.947 bits per heavy atom. The summed E-state index contributed by atoms with van der Waals surface area (Å²) in [6, 6.07) is 6.55. The van der Waals surface area contributed by atoms with Crippen LogP contribution in [0, 0.1) is 0 Å². The van der Waals surface area contributed by atoms with Crippen molar-refractivity contribution in [3.63, 3.8) is 0 Å². The van der Waals surface area contributed by atoms with E-state index in [2.05, 4.69) is 72.3 Å². The summed E-state index contributed by atoms with van der Waals surface area (Å²) in [7, 11) is 0. The number of rotatable bonds is 8. The van der Waals surface area contributed by atoms with Crippen molar-refractivity contribution in [3.8, 4) is 0 Å². The van der Waals surface area contributed by atoms with Crippen LogP contribution in [0.15, 0.2) is 34.8 Å². The highest BCUT2D eigenvalue weighted by atomic mass is 79.9. The van der Waals surface area contributed by atoms with Crippen LogP contribution >= 0.6 is 15.9 Å². The third kappa shape index (κ3) is 6.77. The van der Waals surface area contributed by atoms with E-state index in [1.807, 2.05) is 0 Å². The van der Waals surface area contributed by atoms with Crippen LogP contribution in [0.3, 0.4) is 0 Å². The van der Waals surface area contributed by atoms with Crippen LogP contribution in [0.2, 0.25) is 0 Å². The van der Waals surface area contributed by atoms with Crippen molar-refractivity contribution in [3.05, 3.63) is 46.0 Å². The quantitative estimate of drug-likeness (QED) is 0.459. The van der Waals surface area contributed by atoms with Gasteiger partial charge in [-0.1, -0.05) is 85.8 Å². The third-order valence-electron chi connectivity index (χ3n) is 3.08. The molecule has 0 radical (unpaired) electrons. The summed E-state index contributed by atoms with van der Waals surface area (Å²) >= 11 is 3.62. The maximum atomic E-state index is 3.62. The fraction of sp³-hybridized carbons (Fsp3) is 0.444. The van der Waals surface area contributed by atoms with Gasteiger partial charge in [0.2, 0.25) is 0 Å². The summed E-state index contributed by atoms with van der Waals surface area (Å²) in [6.45, 7) is 4.46. The fourth-order valence-corrected chi connectivity index (χ4v) is 2.25. The molecule has 104 valence electrons. The molecule has 1 rings (SSSR count). The SMILES string of the molecule is CCCCC=Cc1ccc(Br)c(C=CCCCC)c1. The number of allylic oxidation sites excluding steroid dienone is 2. The second kappa shape index (κ2) is 10.0. The van der Waals surface area contributed by atoms with Crippen LogP contribution in [-0.4, -0.2) is 0 Å². The molecule has 1 aromatic rings. The summed E-state index contributed by atoms with van der Waals surface area (Å²) < 4.78 is 1.17. The Morgan fingerprint density at radius 3 is 2.21 bits per heavy atom. The summed E-state index contributed by atoms with van der Waals surface area (Å²) in [5, 5.41) is 0. The molecule has 0 aliphatic rings. The van der Waals surface area contributed by atoms with Gasteiger partial charge in [-0.2, -0.15) is 0 Å². The molecule has 0 aromatic heterocycles. The van der Waals surface area contributed by atoms with Crippen LogP contribution in [0.1, 0.15) is 63.5 Å². The molecule has 0 heterocycles. The molecule has 0 saturated carbocycles. The van der Waals surface area contributed by atoms with Crippen LogP contribution in [0.4, 0.5) is 0 Å². The third-order valence-corrected chi connectivity index (χ3v) is 3.80. The lowest BCUT2D eigenvalue weighted by Crippen LogP contribution is -1.79. The Bertz CT molecular complexity index is 416. The largest absolute Gasteiger partial charge is 0.0839 e. The molecule has 0 unspecified atom stereocenters. The topological polar surface area (TPSA) is 0 Å². The van der Waals surface area contributed by atoms with E-state index in [0.717, 1.165) is 0 Å². The van der Waals surface area contributed by atoms with E-state index in [1.165, 1.54) is 54.1 Å². The molecule has 1 aromatic carbocycles. The van der Waals surface area contributed by atoms with Gasteiger partial charge in [0.05, 0.1) is 0 Å². The lowest BCUT2D eigenvalue weighted by Gasteiger charge is -2.01. The van der Waals surface area contributed by atoms with E-state index in [-0.39, 0.29) is 0 Å². The zero-order valence-corrected chi connectivity index (χ0v) is 13.7. The molecule has 0 spiro atoms. The molecule has 0 nitrogen and oxygen atoms in total. The number of halogens is 1. The lowest BCUT2D eigenvalue weighted by atomic mass is 10.1. The first-order valence-corrected chi connectivity index (χ1v) is 8.19. The molecule has 0 amide bonds. The predicted molar refractivity (Wildman–Crippen MR) is 91.3 cm³/mol. The van der Waals surface area contributed by atoms with Gasteiger partial charge in [-0.3, -0.25) is 0 Å². The summed E-state index contributed by atoms with van der Waals surface area (Å²) in [5.41, 5.74) is 2.56. The van der Waals surface area contributed by atoms with Crippen LogP contribution in [-0.2, 0) is 0 Å². The Kier molecular flexibility index (Phi) is 8.57. The van der Waals surface area contributed by atoms with Crippen molar-refractivity contribution in [1.29, 1.82) is 0 Å². The lowest BCUT2D eigenvalue weighted by molar-refractivity contribution is 0.816. The molecule has 1 heteroatoms. The van der Waals surface area contributed by atoms with Crippen molar-refractivity contribution in [2.45, 2.75) is 52.4 Å². The van der Waals surface area contributed by atoms with E-state index in [4.69, 9.17) is 0 Å². The van der Waals surface area contributed by atoms with Gasteiger partial charge in [-0.25, -0.2) is 0 Å². The number of hydrogen-bond acceptors (Lipinski definition) is 0. The zero-order chi connectivity index (χ0) is 13.9. The highest BCUT2D eigenvalue weighted by Crippen LogP contribution is 2.21. The molecule has 0 saturated heterocycles. The molecule has 0 aliphatic carbocycles. The Balaban J connectivity index is 2.65. The summed E-state index contributed by atoms with van der Waals surface area (Å²) in [6.07, 6.45) is 16.4. The Labute approximate surface area is 126 Å². The molecule has 19 heavy (non-hydrogen) atoms. The maximum absolute atomic E-state index is 3.62. The normalized spacial score (nSPS) is 11.7. The van der Waals surface area contributed by atoms with E-state index in [0.29, 0.717) is 0 Å².